The quantitative estimate of drug-likeness (QED) is 0.460. The molecule has 0 bridgehead atoms. The lowest BCUT2D eigenvalue weighted by Crippen LogP contribution is -2.20. The Labute approximate surface area is 207 Å². The summed E-state index contributed by atoms with van der Waals surface area (Å²) in [6.45, 7) is -0.474. The predicted octanol–water partition coefficient (Wildman–Crippen LogP) is 4.53. The zero-order valence-corrected chi connectivity index (χ0v) is 20.4. The molecule has 0 saturated heterocycles. The van der Waals surface area contributed by atoms with Crippen molar-refractivity contribution >= 4 is 17.5 Å². The molecule has 0 saturated carbocycles. The number of amides is 1. The largest absolute Gasteiger partial charge is 0.488 e. The molecule has 3 N–H and O–H groups in total. The highest BCUT2D eigenvalue weighted by Crippen LogP contribution is 2.48. The predicted molar refractivity (Wildman–Crippen MR) is 131 cm³/mol. The molecule has 1 heterocycles. The molecule has 0 aromatic heterocycles. The maximum atomic E-state index is 15.6. The van der Waals surface area contributed by atoms with Crippen molar-refractivity contribution in [1.29, 1.82) is 0 Å². The van der Waals surface area contributed by atoms with Gasteiger partial charge < -0.3 is 25.2 Å². The molecule has 6 nitrogen and oxygen atoms in total. The third-order valence-corrected chi connectivity index (χ3v) is 5.66. The van der Waals surface area contributed by atoms with E-state index in [0.29, 0.717) is 12.0 Å². The summed E-state index contributed by atoms with van der Waals surface area (Å²) < 4.78 is 41.7. The Hall–Kier alpha value is -3.20. The minimum Gasteiger partial charge on any atom is -0.488 e. The average molecular weight is 505 g/mol. The van der Waals surface area contributed by atoms with E-state index < -0.39 is 23.6 Å². The molecule has 0 aliphatic carbocycles. The maximum Gasteiger partial charge on any atom is 0.251 e. The number of fused-ring (bicyclic) bond motifs is 1. The summed E-state index contributed by atoms with van der Waals surface area (Å²) in [4.78, 5) is 12.5. The van der Waals surface area contributed by atoms with Crippen LogP contribution in [0.25, 0.3) is 11.1 Å². The van der Waals surface area contributed by atoms with Gasteiger partial charge in [-0.1, -0.05) is 41.9 Å². The average Bonchev–Trinajstić information content (AvgIpc) is 3.28. The van der Waals surface area contributed by atoms with Gasteiger partial charge in [0.2, 0.25) is 0 Å². The molecule has 1 aliphatic heterocycles. The van der Waals surface area contributed by atoms with Crippen LogP contribution in [0.2, 0.25) is 5.02 Å². The van der Waals surface area contributed by atoms with Crippen molar-refractivity contribution in [2.24, 2.45) is 0 Å². The van der Waals surface area contributed by atoms with E-state index in [1.54, 1.807) is 0 Å². The second-order valence-electron chi connectivity index (χ2n) is 7.70. The first-order chi connectivity index (χ1) is 16.9. The molecule has 3 aromatic carbocycles. The van der Waals surface area contributed by atoms with Crippen LogP contribution < -0.4 is 20.1 Å². The van der Waals surface area contributed by atoms with Crippen molar-refractivity contribution in [3.8, 4) is 22.6 Å². The van der Waals surface area contributed by atoms with Crippen LogP contribution in [0.5, 0.6) is 11.5 Å². The fraction of sp³-hybridized carbons (Fsp3) is 0.269. The molecule has 186 valence electrons. The van der Waals surface area contributed by atoms with E-state index in [1.807, 2.05) is 44.4 Å². The van der Waals surface area contributed by atoms with Crippen LogP contribution in [-0.2, 0) is 6.42 Å². The topological polar surface area (TPSA) is 79.8 Å². The van der Waals surface area contributed by atoms with Crippen molar-refractivity contribution in [2.45, 2.75) is 12.5 Å². The minimum atomic E-state index is -0.877. The summed E-state index contributed by atoms with van der Waals surface area (Å²) >= 11 is 6.34. The standard InChI is InChI=1S/C24H20ClF2NO4.C2H7N/c1-28-24(30)14-7-8-17(31-10-9-29)23(27)21(14)20-15-11-18(13-5-3-2-4-6-13)32-19(15)12-16(26)22(20)25;1-3-2/h2-8,12,18,29H,9-11H2,1H3,(H,28,30);3H,1-2H3. The van der Waals surface area contributed by atoms with Crippen LogP contribution in [0.3, 0.4) is 0 Å². The van der Waals surface area contributed by atoms with Crippen LogP contribution in [0.1, 0.15) is 27.6 Å². The molecule has 1 amide bonds. The van der Waals surface area contributed by atoms with E-state index in [1.165, 1.54) is 25.2 Å². The van der Waals surface area contributed by atoms with Crippen molar-refractivity contribution < 1.29 is 28.2 Å². The third kappa shape index (κ3) is 5.56. The van der Waals surface area contributed by atoms with Crippen molar-refractivity contribution in [3.05, 3.63) is 81.9 Å². The van der Waals surface area contributed by atoms with Gasteiger partial charge in [-0.25, -0.2) is 8.78 Å². The van der Waals surface area contributed by atoms with Crippen LogP contribution in [-0.4, -0.2) is 45.4 Å². The van der Waals surface area contributed by atoms with Crippen LogP contribution in [0, 0.1) is 11.6 Å². The number of ether oxygens (including phenoxy) is 2. The molecule has 4 rings (SSSR count). The van der Waals surface area contributed by atoms with Gasteiger partial charge in [-0.2, -0.15) is 0 Å². The summed E-state index contributed by atoms with van der Waals surface area (Å²) in [7, 11) is 5.16. The van der Waals surface area contributed by atoms with Crippen LogP contribution in [0.4, 0.5) is 8.78 Å². The summed E-state index contributed by atoms with van der Waals surface area (Å²) in [6.07, 6.45) is -0.105. The molecule has 9 heteroatoms. The number of carbonyl (C=O) groups is 1. The van der Waals surface area contributed by atoms with E-state index in [4.69, 9.17) is 26.2 Å². The number of hydrogen-bond donors (Lipinski definition) is 3. The van der Waals surface area contributed by atoms with Gasteiger partial charge in [0.25, 0.3) is 5.91 Å². The number of halogens is 3. The van der Waals surface area contributed by atoms with Gasteiger partial charge in [0, 0.05) is 36.2 Å². The molecule has 0 fully saturated rings. The van der Waals surface area contributed by atoms with Crippen LogP contribution >= 0.6 is 11.6 Å². The van der Waals surface area contributed by atoms with Gasteiger partial charge in [0.15, 0.2) is 11.6 Å². The number of benzene rings is 3. The number of nitrogens with one attached hydrogen (secondary N) is 2. The SMILES string of the molecule is CNC.CNC(=O)c1ccc(OCCO)c(F)c1-c1c(Cl)c(F)cc2c1CC(c1ccccc1)O2. The van der Waals surface area contributed by atoms with Crippen molar-refractivity contribution in [1.82, 2.24) is 10.6 Å². The number of aliphatic hydroxyl groups is 1. The van der Waals surface area contributed by atoms with Crippen LogP contribution in [0.15, 0.2) is 48.5 Å². The van der Waals surface area contributed by atoms with Crippen molar-refractivity contribution in [2.75, 3.05) is 34.4 Å². The van der Waals surface area contributed by atoms with Gasteiger partial charge in [-0.15, -0.1) is 0 Å². The summed E-state index contributed by atoms with van der Waals surface area (Å²) in [5, 5.41) is 13.9. The number of hydrogen-bond acceptors (Lipinski definition) is 5. The van der Waals surface area contributed by atoms with E-state index in [9.17, 15) is 9.18 Å². The number of aliphatic hydroxyl groups excluding tert-OH is 1. The van der Waals surface area contributed by atoms with Gasteiger partial charge in [-0.05, 0) is 31.8 Å². The van der Waals surface area contributed by atoms with E-state index in [2.05, 4.69) is 10.6 Å². The first-order valence-corrected chi connectivity index (χ1v) is 11.3. The summed E-state index contributed by atoms with van der Waals surface area (Å²) in [5.41, 5.74) is 1.20. The Bertz CT molecular complexity index is 1190. The van der Waals surface area contributed by atoms with Gasteiger partial charge >= 0.3 is 0 Å². The highest BCUT2D eigenvalue weighted by Gasteiger charge is 2.33. The molecule has 1 unspecified atom stereocenters. The Balaban J connectivity index is 0.00000108. The molecular weight excluding hydrogens is 478 g/mol. The smallest absolute Gasteiger partial charge is 0.251 e. The van der Waals surface area contributed by atoms with Crippen molar-refractivity contribution in [3.63, 3.8) is 0 Å². The zero-order chi connectivity index (χ0) is 25.5. The fourth-order valence-corrected chi connectivity index (χ4v) is 4.10. The summed E-state index contributed by atoms with van der Waals surface area (Å²) in [5.74, 6) is -2.19. The zero-order valence-electron chi connectivity index (χ0n) is 19.6. The highest BCUT2D eigenvalue weighted by molar-refractivity contribution is 6.34. The fourth-order valence-electron chi connectivity index (χ4n) is 3.84. The van der Waals surface area contributed by atoms with Gasteiger partial charge in [0.05, 0.1) is 17.2 Å². The van der Waals surface area contributed by atoms with E-state index in [-0.39, 0.29) is 46.4 Å². The van der Waals surface area contributed by atoms with Gasteiger partial charge in [-0.3, -0.25) is 4.79 Å². The Morgan fingerprint density at radius 1 is 1.14 bits per heavy atom. The highest BCUT2D eigenvalue weighted by atomic mass is 35.5. The molecule has 3 aromatic rings. The lowest BCUT2D eigenvalue weighted by molar-refractivity contribution is 0.0963. The first kappa shape index (κ1) is 26.4. The van der Waals surface area contributed by atoms with Gasteiger partial charge in [0.1, 0.15) is 24.3 Å². The Morgan fingerprint density at radius 3 is 2.46 bits per heavy atom. The lowest BCUT2D eigenvalue weighted by Gasteiger charge is -2.17. The van der Waals surface area contributed by atoms with E-state index in [0.717, 1.165) is 5.56 Å². The maximum absolute atomic E-state index is 15.6. The van der Waals surface area contributed by atoms with E-state index >= 15 is 4.39 Å². The number of carbonyl (C=O) groups excluding carboxylic acids is 1. The Kier molecular flexibility index (Phi) is 9.03. The third-order valence-electron chi connectivity index (χ3n) is 5.29. The second kappa shape index (κ2) is 12.0. The number of rotatable bonds is 6. The monoisotopic (exact) mass is 504 g/mol. The molecule has 1 atom stereocenters. The molecule has 0 spiro atoms. The molecule has 0 radical (unpaired) electrons. The molecule has 35 heavy (non-hydrogen) atoms. The second-order valence-corrected chi connectivity index (χ2v) is 8.07. The Morgan fingerprint density at radius 2 is 1.83 bits per heavy atom. The first-order valence-electron chi connectivity index (χ1n) is 11.0. The summed E-state index contributed by atoms with van der Waals surface area (Å²) in [6, 6.07) is 13.2. The molecular formula is C26H27ClF2N2O4. The normalized spacial score (nSPS) is 13.9. The lowest BCUT2D eigenvalue weighted by atomic mass is 9.91. The molecule has 1 aliphatic rings. The minimum absolute atomic E-state index is 0.0285.